The number of anilines is 1. The monoisotopic (exact) mass is 219 g/mol. The lowest BCUT2D eigenvalue weighted by molar-refractivity contribution is 0.0697. The van der Waals surface area contributed by atoms with E-state index in [1.807, 2.05) is 4.90 Å². The van der Waals surface area contributed by atoms with Gasteiger partial charge in [-0.05, 0) is 30.9 Å². The Labute approximate surface area is 95.5 Å². The van der Waals surface area contributed by atoms with Crippen molar-refractivity contribution in [1.29, 1.82) is 0 Å². The third-order valence-electron chi connectivity index (χ3n) is 3.10. The summed E-state index contributed by atoms with van der Waals surface area (Å²) in [7, 11) is 0. The molecule has 1 aliphatic heterocycles. The van der Waals surface area contributed by atoms with Gasteiger partial charge in [0.05, 0.1) is 0 Å². The van der Waals surface area contributed by atoms with Crippen LogP contribution in [0.3, 0.4) is 0 Å². The van der Waals surface area contributed by atoms with Crippen LogP contribution in [0.2, 0.25) is 0 Å². The van der Waals surface area contributed by atoms with E-state index < -0.39 is 0 Å². The molecule has 0 aromatic carbocycles. The molecule has 0 bridgehead atoms. The predicted octanol–water partition coefficient (Wildman–Crippen LogP) is 1.54. The molecule has 0 radical (unpaired) electrons. The van der Waals surface area contributed by atoms with Crippen molar-refractivity contribution in [2.75, 3.05) is 18.8 Å². The topological polar surface area (TPSA) is 59.2 Å². The maximum atomic E-state index is 12.1. The Bertz CT molecular complexity index is 384. The number of nitrogens with zero attached hydrogens (tertiary/aromatic N) is 2. The van der Waals surface area contributed by atoms with Gasteiger partial charge in [-0.25, -0.2) is 4.98 Å². The minimum absolute atomic E-state index is 0.0704. The van der Waals surface area contributed by atoms with Gasteiger partial charge < -0.3 is 10.6 Å². The molecule has 0 spiro atoms. The number of piperidine rings is 1. The van der Waals surface area contributed by atoms with Gasteiger partial charge in [0, 0.05) is 24.8 Å². The molecule has 0 unspecified atom stereocenters. The van der Waals surface area contributed by atoms with Gasteiger partial charge in [0.2, 0.25) is 0 Å². The molecule has 0 aliphatic carbocycles. The van der Waals surface area contributed by atoms with Gasteiger partial charge in [-0.2, -0.15) is 0 Å². The zero-order valence-electron chi connectivity index (χ0n) is 9.52. The second kappa shape index (κ2) is 4.51. The molecule has 1 saturated heterocycles. The van der Waals surface area contributed by atoms with Crippen LogP contribution in [0, 0.1) is 5.92 Å². The quantitative estimate of drug-likeness (QED) is 0.779. The molecule has 1 aliphatic rings. The minimum atomic E-state index is 0.0704. The largest absolute Gasteiger partial charge is 0.384 e. The molecule has 1 fully saturated rings. The SMILES string of the molecule is CC1CCN(C(=O)c2ccnc(N)c2)CC1. The standard InChI is InChI=1S/C12H17N3O/c1-9-3-6-15(7-4-9)12(16)10-2-5-14-11(13)8-10/h2,5,8-9H,3-4,6-7H2,1H3,(H2,13,14). The molecule has 4 nitrogen and oxygen atoms in total. The predicted molar refractivity (Wildman–Crippen MR) is 63.0 cm³/mol. The summed E-state index contributed by atoms with van der Waals surface area (Å²) >= 11 is 0. The van der Waals surface area contributed by atoms with Gasteiger partial charge in [-0.15, -0.1) is 0 Å². The van der Waals surface area contributed by atoms with Crippen molar-refractivity contribution in [3.05, 3.63) is 23.9 Å². The Morgan fingerprint density at radius 1 is 1.50 bits per heavy atom. The first kappa shape index (κ1) is 10.9. The van der Waals surface area contributed by atoms with Gasteiger partial charge in [0.1, 0.15) is 5.82 Å². The van der Waals surface area contributed by atoms with Crippen molar-refractivity contribution < 1.29 is 4.79 Å². The first-order valence-electron chi connectivity index (χ1n) is 5.67. The lowest BCUT2D eigenvalue weighted by Crippen LogP contribution is -2.37. The van der Waals surface area contributed by atoms with Gasteiger partial charge in [0.15, 0.2) is 0 Å². The number of aromatic nitrogens is 1. The van der Waals surface area contributed by atoms with Crippen LogP contribution >= 0.6 is 0 Å². The lowest BCUT2D eigenvalue weighted by atomic mass is 9.99. The summed E-state index contributed by atoms with van der Waals surface area (Å²) in [4.78, 5) is 17.9. The number of pyridine rings is 1. The van der Waals surface area contributed by atoms with Crippen molar-refractivity contribution in [3.8, 4) is 0 Å². The number of rotatable bonds is 1. The minimum Gasteiger partial charge on any atom is -0.384 e. The van der Waals surface area contributed by atoms with Crippen LogP contribution in [0.4, 0.5) is 5.82 Å². The van der Waals surface area contributed by atoms with Gasteiger partial charge in [-0.3, -0.25) is 4.79 Å². The van der Waals surface area contributed by atoms with Gasteiger partial charge in [0.25, 0.3) is 5.91 Å². The summed E-state index contributed by atoms with van der Waals surface area (Å²) < 4.78 is 0. The summed E-state index contributed by atoms with van der Waals surface area (Å²) in [6.45, 7) is 3.93. The van der Waals surface area contributed by atoms with Crippen molar-refractivity contribution >= 4 is 11.7 Å². The zero-order chi connectivity index (χ0) is 11.5. The molecule has 0 atom stereocenters. The average molecular weight is 219 g/mol. The molecule has 0 saturated carbocycles. The highest BCUT2D eigenvalue weighted by molar-refractivity contribution is 5.94. The fraction of sp³-hybridized carbons (Fsp3) is 0.500. The van der Waals surface area contributed by atoms with Crippen LogP contribution in [0.5, 0.6) is 0 Å². The molecule has 1 aromatic heterocycles. The van der Waals surface area contributed by atoms with E-state index in [0.29, 0.717) is 11.4 Å². The average Bonchev–Trinajstić information content (AvgIpc) is 2.29. The van der Waals surface area contributed by atoms with Crippen molar-refractivity contribution in [2.45, 2.75) is 19.8 Å². The van der Waals surface area contributed by atoms with E-state index in [2.05, 4.69) is 11.9 Å². The van der Waals surface area contributed by atoms with E-state index >= 15 is 0 Å². The first-order valence-corrected chi connectivity index (χ1v) is 5.67. The number of nitrogen functional groups attached to an aromatic ring is 1. The molecule has 16 heavy (non-hydrogen) atoms. The Morgan fingerprint density at radius 2 is 2.19 bits per heavy atom. The summed E-state index contributed by atoms with van der Waals surface area (Å²) in [6, 6.07) is 3.36. The Morgan fingerprint density at radius 3 is 2.81 bits per heavy atom. The molecular formula is C12H17N3O. The highest BCUT2D eigenvalue weighted by Crippen LogP contribution is 2.18. The van der Waals surface area contributed by atoms with Crippen molar-refractivity contribution in [1.82, 2.24) is 9.88 Å². The summed E-state index contributed by atoms with van der Waals surface area (Å²) in [6.07, 6.45) is 3.76. The maximum absolute atomic E-state index is 12.1. The third-order valence-corrected chi connectivity index (χ3v) is 3.10. The lowest BCUT2D eigenvalue weighted by Gasteiger charge is -2.30. The van der Waals surface area contributed by atoms with Crippen LogP contribution in [-0.2, 0) is 0 Å². The molecule has 86 valence electrons. The van der Waals surface area contributed by atoms with Crippen LogP contribution in [0.1, 0.15) is 30.1 Å². The fourth-order valence-electron chi connectivity index (χ4n) is 1.98. The van der Waals surface area contributed by atoms with E-state index in [4.69, 9.17) is 5.73 Å². The third kappa shape index (κ3) is 2.32. The van der Waals surface area contributed by atoms with E-state index in [0.717, 1.165) is 31.8 Å². The number of carbonyl (C=O) groups excluding carboxylic acids is 1. The van der Waals surface area contributed by atoms with Crippen molar-refractivity contribution in [2.24, 2.45) is 5.92 Å². The molecule has 2 N–H and O–H groups in total. The molecular weight excluding hydrogens is 202 g/mol. The Kier molecular flexibility index (Phi) is 3.08. The van der Waals surface area contributed by atoms with Crippen LogP contribution in [0.25, 0.3) is 0 Å². The van der Waals surface area contributed by atoms with Gasteiger partial charge in [-0.1, -0.05) is 6.92 Å². The second-order valence-corrected chi connectivity index (χ2v) is 4.44. The number of amides is 1. The van der Waals surface area contributed by atoms with Crippen molar-refractivity contribution in [3.63, 3.8) is 0 Å². The Balaban J connectivity index is 2.08. The van der Waals surface area contributed by atoms with E-state index in [9.17, 15) is 4.79 Å². The first-order chi connectivity index (χ1) is 7.66. The number of hydrogen-bond acceptors (Lipinski definition) is 3. The summed E-state index contributed by atoms with van der Waals surface area (Å²) in [5.41, 5.74) is 6.21. The zero-order valence-corrected chi connectivity index (χ0v) is 9.52. The molecule has 2 heterocycles. The Hall–Kier alpha value is -1.58. The van der Waals surface area contributed by atoms with Crippen LogP contribution < -0.4 is 5.73 Å². The second-order valence-electron chi connectivity index (χ2n) is 4.44. The number of nitrogens with two attached hydrogens (primary N) is 1. The number of carbonyl (C=O) groups is 1. The van der Waals surface area contributed by atoms with Gasteiger partial charge >= 0.3 is 0 Å². The molecule has 4 heteroatoms. The highest BCUT2D eigenvalue weighted by Gasteiger charge is 2.21. The van der Waals surface area contributed by atoms with Crippen LogP contribution in [0.15, 0.2) is 18.3 Å². The highest BCUT2D eigenvalue weighted by atomic mass is 16.2. The number of hydrogen-bond donors (Lipinski definition) is 1. The van der Waals surface area contributed by atoms with E-state index in [1.54, 1.807) is 18.3 Å². The molecule has 2 rings (SSSR count). The maximum Gasteiger partial charge on any atom is 0.254 e. The summed E-state index contributed by atoms with van der Waals surface area (Å²) in [5.74, 6) is 1.20. The number of likely N-dealkylation sites (tertiary alicyclic amines) is 1. The smallest absolute Gasteiger partial charge is 0.254 e. The normalized spacial score (nSPS) is 17.4. The van der Waals surface area contributed by atoms with E-state index in [1.165, 1.54) is 0 Å². The fourth-order valence-corrected chi connectivity index (χ4v) is 1.98. The van der Waals surface area contributed by atoms with E-state index in [-0.39, 0.29) is 5.91 Å². The molecule has 1 amide bonds. The summed E-state index contributed by atoms with van der Waals surface area (Å²) in [5, 5.41) is 0. The van der Waals surface area contributed by atoms with Crippen LogP contribution in [-0.4, -0.2) is 28.9 Å². The molecule has 1 aromatic rings.